The van der Waals surface area contributed by atoms with E-state index in [2.05, 4.69) is 13.8 Å². The predicted octanol–water partition coefficient (Wildman–Crippen LogP) is 2.67. The van der Waals surface area contributed by atoms with Crippen molar-refractivity contribution < 1.29 is 4.79 Å². The zero-order valence-electron chi connectivity index (χ0n) is 10.7. The van der Waals surface area contributed by atoms with E-state index < -0.39 is 0 Å². The molecule has 1 amide bonds. The van der Waals surface area contributed by atoms with Crippen LogP contribution in [0.1, 0.15) is 11.1 Å². The molecule has 96 valence electrons. The molecule has 0 fully saturated rings. The monoisotopic (exact) mass is 252 g/mol. The number of hydrogen-bond acceptors (Lipinski definition) is 2. The average molecular weight is 252 g/mol. The minimum atomic E-state index is -0.188. The molecule has 0 atom stereocenters. The Hall–Kier alpha value is -2.13. The minimum Gasteiger partial charge on any atom is -0.322 e. The standard InChI is InChI=1S/C16H16N2O/c1-12-7-3-5-9-14(12)18(16(19)11-17)15-10-6-4-8-13(15)2/h3-10H,1-2,11,17H2. The third-order valence-corrected chi connectivity index (χ3v) is 2.89. The number of para-hydroxylation sites is 2. The number of nitrogens with zero attached hydrogens (tertiary/aromatic N) is 1. The van der Waals surface area contributed by atoms with E-state index in [9.17, 15) is 4.79 Å². The van der Waals surface area contributed by atoms with Crippen molar-refractivity contribution >= 4 is 17.3 Å². The largest absolute Gasteiger partial charge is 0.322 e. The minimum absolute atomic E-state index is 0.0668. The first-order valence-electron chi connectivity index (χ1n) is 6.00. The second-order valence-electron chi connectivity index (χ2n) is 4.19. The molecule has 0 aliphatic carbocycles. The number of carbonyl (C=O) groups is 1. The van der Waals surface area contributed by atoms with Crippen LogP contribution in [0.3, 0.4) is 0 Å². The van der Waals surface area contributed by atoms with Gasteiger partial charge in [0.2, 0.25) is 5.91 Å². The average Bonchev–Trinajstić information content (AvgIpc) is 2.43. The summed E-state index contributed by atoms with van der Waals surface area (Å²) in [6.45, 7) is 7.85. The van der Waals surface area contributed by atoms with Gasteiger partial charge >= 0.3 is 0 Å². The van der Waals surface area contributed by atoms with E-state index >= 15 is 0 Å². The predicted molar refractivity (Wildman–Crippen MR) is 78.0 cm³/mol. The van der Waals surface area contributed by atoms with Crippen LogP contribution in [-0.2, 0) is 4.79 Å². The lowest BCUT2D eigenvalue weighted by molar-refractivity contribution is -0.116. The molecule has 2 aromatic carbocycles. The Bertz CT molecular complexity index is 547. The van der Waals surface area contributed by atoms with E-state index in [1.165, 1.54) is 0 Å². The first-order chi connectivity index (χ1) is 9.15. The molecular weight excluding hydrogens is 236 g/mol. The van der Waals surface area contributed by atoms with Gasteiger partial charge in [0.05, 0.1) is 17.9 Å². The van der Waals surface area contributed by atoms with E-state index in [1.807, 2.05) is 48.5 Å². The van der Waals surface area contributed by atoms with Gasteiger partial charge in [-0.1, -0.05) is 36.4 Å². The first kappa shape index (κ1) is 13.3. The van der Waals surface area contributed by atoms with Gasteiger partial charge in [0.15, 0.2) is 0 Å². The van der Waals surface area contributed by atoms with Gasteiger partial charge in [-0.2, -0.15) is 0 Å². The third-order valence-electron chi connectivity index (χ3n) is 2.89. The highest BCUT2D eigenvalue weighted by Crippen LogP contribution is 2.30. The van der Waals surface area contributed by atoms with E-state index in [-0.39, 0.29) is 12.5 Å². The van der Waals surface area contributed by atoms with E-state index in [0.717, 1.165) is 22.5 Å². The summed E-state index contributed by atoms with van der Waals surface area (Å²) in [5, 5.41) is 0. The Morgan fingerprint density at radius 3 is 1.74 bits per heavy atom. The maximum absolute atomic E-state index is 12.2. The molecule has 0 saturated heterocycles. The summed E-state index contributed by atoms with van der Waals surface area (Å²) in [4.78, 5) is 13.7. The van der Waals surface area contributed by atoms with Gasteiger partial charge in [-0.05, 0) is 37.1 Å². The van der Waals surface area contributed by atoms with Crippen molar-refractivity contribution in [3.8, 4) is 0 Å². The van der Waals surface area contributed by atoms with Gasteiger partial charge < -0.3 is 5.73 Å². The molecule has 3 nitrogen and oxygen atoms in total. The Labute approximate surface area is 113 Å². The fourth-order valence-electron chi connectivity index (χ4n) is 1.95. The van der Waals surface area contributed by atoms with Gasteiger partial charge in [0, 0.05) is 0 Å². The molecule has 2 rings (SSSR count). The van der Waals surface area contributed by atoms with Crippen molar-refractivity contribution in [2.45, 2.75) is 0 Å². The fourth-order valence-corrected chi connectivity index (χ4v) is 1.95. The fraction of sp³-hybridized carbons (Fsp3) is 0.0625. The van der Waals surface area contributed by atoms with Crippen LogP contribution in [0.2, 0.25) is 0 Å². The van der Waals surface area contributed by atoms with Gasteiger partial charge in [-0.25, -0.2) is 0 Å². The Morgan fingerprint density at radius 1 is 0.947 bits per heavy atom. The highest BCUT2D eigenvalue weighted by Gasteiger charge is 2.19. The van der Waals surface area contributed by atoms with E-state index in [1.54, 1.807) is 4.90 Å². The van der Waals surface area contributed by atoms with Crippen molar-refractivity contribution in [1.29, 1.82) is 0 Å². The SMILES string of the molecule is [CH2]c1ccccc1N(C(=O)CN)c1ccccc1[CH2]. The summed E-state index contributed by atoms with van der Waals surface area (Å²) < 4.78 is 0. The van der Waals surface area contributed by atoms with Crippen LogP contribution in [0, 0.1) is 13.8 Å². The molecule has 2 N–H and O–H groups in total. The van der Waals surface area contributed by atoms with Crippen LogP contribution in [0.4, 0.5) is 11.4 Å². The van der Waals surface area contributed by atoms with Gasteiger partial charge in [-0.3, -0.25) is 9.69 Å². The molecule has 0 unspecified atom stereocenters. The number of benzene rings is 2. The third kappa shape index (κ3) is 2.66. The molecule has 2 aromatic rings. The van der Waals surface area contributed by atoms with Crippen molar-refractivity contribution in [2.24, 2.45) is 5.73 Å². The first-order valence-corrected chi connectivity index (χ1v) is 6.00. The summed E-state index contributed by atoms with van der Waals surface area (Å²) in [6, 6.07) is 14.9. The number of carbonyl (C=O) groups excluding carboxylic acids is 1. The second-order valence-corrected chi connectivity index (χ2v) is 4.19. The number of nitrogens with two attached hydrogens (primary N) is 1. The summed E-state index contributed by atoms with van der Waals surface area (Å²) >= 11 is 0. The maximum Gasteiger partial charge on any atom is 0.245 e. The van der Waals surface area contributed by atoms with Gasteiger partial charge in [0.25, 0.3) is 0 Å². The number of anilines is 2. The zero-order valence-corrected chi connectivity index (χ0v) is 10.7. The van der Waals surface area contributed by atoms with E-state index in [0.29, 0.717) is 0 Å². The molecular formula is C16H16N2O. The van der Waals surface area contributed by atoms with Gasteiger partial charge in [-0.15, -0.1) is 0 Å². The molecule has 0 heterocycles. The highest BCUT2D eigenvalue weighted by molar-refractivity contribution is 6.03. The van der Waals surface area contributed by atoms with E-state index in [4.69, 9.17) is 5.73 Å². The molecule has 0 aromatic heterocycles. The second kappa shape index (κ2) is 5.67. The summed E-state index contributed by atoms with van der Waals surface area (Å²) in [5.74, 6) is -0.188. The Morgan fingerprint density at radius 2 is 1.37 bits per heavy atom. The molecule has 0 bridgehead atoms. The van der Waals surface area contributed by atoms with Crippen molar-refractivity contribution in [1.82, 2.24) is 0 Å². The molecule has 0 saturated carbocycles. The number of hydrogen-bond donors (Lipinski definition) is 1. The van der Waals surface area contributed by atoms with Crippen LogP contribution >= 0.6 is 0 Å². The van der Waals surface area contributed by atoms with Crippen molar-refractivity contribution in [2.75, 3.05) is 11.4 Å². The summed E-state index contributed by atoms with van der Waals surface area (Å²) in [6.07, 6.45) is 0. The van der Waals surface area contributed by atoms with Gasteiger partial charge in [0.1, 0.15) is 0 Å². The quantitative estimate of drug-likeness (QED) is 0.912. The van der Waals surface area contributed by atoms with Crippen LogP contribution in [0.5, 0.6) is 0 Å². The van der Waals surface area contributed by atoms with Crippen molar-refractivity contribution in [3.05, 3.63) is 73.5 Å². The topological polar surface area (TPSA) is 46.3 Å². The zero-order chi connectivity index (χ0) is 13.8. The molecule has 0 spiro atoms. The number of rotatable bonds is 3. The number of amides is 1. The lowest BCUT2D eigenvalue weighted by Crippen LogP contribution is -2.33. The van der Waals surface area contributed by atoms with Crippen LogP contribution < -0.4 is 10.6 Å². The lowest BCUT2D eigenvalue weighted by atomic mass is 10.1. The van der Waals surface area contributed by atoms with Crippen LogP contribution in [-0.4, -0.2) is 12.5 Å². The van der Waals surface area contributed by atoms with Crippen LogP contribution in [0.25, 0.3) is 0 Å². The Balaban J connectivity index is 2.58. The maximum atomic E-state index is 12.2. The Kier molecular flexibility index (Phi) is 3.97. The highest BCUT2D eigenvalue weighted by atomic mass is 16.2. The molecule has 2 radical (unpaired) electrons. The normalized spacial score (nSPS) is 10.3. The molecule has 19 heavy (non-hydrogen) atoms. The smallest absolute Gasteiger partial charge is 0.245 e. The molecule has 0 aliphatic rings. The van der Waals surface area contributed by atoms with Crippen LogP contribution in [0.15, 0.2) is 48.5 Å². The summed E-state index contributed by atoms with van der Waals surface area (Å²) in [7, 11) is 0. The lowest BCUT2D eigenvalue weighted by Gasteiger charge is -2.25. The molecule has 0 aliphatic heterocycles. The van der Waals surface area contributed by atoms with Crippen molar-refractivity contribution in [3.63, 3.8) is 0 Å². The molecule has 3 heteroatoms. The summed E-state index contributed by atoms with van der Waals surface area (Å²) in [5.41, 5.74) is 8.52.